The lowest BCUT2D eigenvalue weighted by atomic mass is 9.79. The van der Waals surface area contributed by atoms with Crippen LogP contribution in [-0.4, -0.2) is 12.6 Å². The van der Waals surface area contributed by atoms with E-state index in [2.05, 4.69) is 39.1 Å². The normalized spacial score (nSPS) is 14.0. The molecule has 0 saturated heterocycles. The summed E-state index contributed by atoms with van der Waals surface area (Å²) >= 11 is 0. The molecule has 0 aliphatic heterocycles. The van der Waals surface area contributed by atoms with Gasteiger partial charge in [0.2, 0.25) is 0 Å². The standard InChI is InChI=1S/C14H25NO/c1-5-8-15-13(14(3,4)6-2)10-12-7-9-16-11-12/h7,9,11,13,15H,5-6,8,10H2,1-4H3. The maximum Gasteiger partial charge on any atom is 0.0935 e. The van der Waals surface area contributed by atoms with E-state index in [0.29, 0.717) is 11.5 Å². The van der Waals surface area contributed by atoms with Crippen molar-refractivity contribution in [3.05, 3.63) is 24.2 Å². The van der Waals surface area contributed by atoms with Gasteiger partial charge in [0.25, 0.3) is 0 Å². The van der Waals surface area contributed by atoms with Gasteiger partial charge in [-0.15, -0.1) is 0 Å². The molecule has 2 heteroatoms. The van der Waals surface area contributed by atoms with E-state index < -0.39 is 0 Å². The summed E-state index contributed by atoms with van der Waals surface area (Å²) in [5, 5.41) is 3.66. The lowest BCUT2D eigenvalue weighted by molar-refractivity contribution is 0.230. The van der Waals surface area contributed by atoms with Crippen LogP contribution in [0.25, 0.3) is 0 Å². The summed E-state index contributed by atoms with van der Waals surface area (Å²) in [4.78, 5) is 0. The van der Waals surface area contributed by atoms with E-state index in [-0.39, 0.29) is 0 Å². The quantitative estimate of drug-likeness (QED) is 0.763. The van der Waals surface area contributed by atoms with Crippen LogP contribution in [-0.2, 0) is 6.42 Å². The third-order valence-corrected chi connectivity index (χ3v) is 3.52. The van der Waals surface area contributed by atoms with Crippen molar-refractivity contribution in [3.63, 3.8) is 0 Å². The Morgan fingerprint density at radius 2 is 2.12 bits per heavy atom. The SMILES string of the molecule is CCCNC(Cc1ccoc1)C(C)(C)CC. The van der Waals surface area contributed by atoms with Crippen LogP contribution >= 0.6 is 0 Å². The maximum absolute atomic E-state index is 5.14. The Balaban J connectivity index is 2.63. The van der Waals surface area contributed by atoms with Crippen molar-refractivity contribution in [2.45, 2.75) is 53.0 Å². The lowest BCUT2D eigenvalue weighted by Gasteiger charge is -2.34. The average molecular weight is 223 g/mol. The smallest absolute Gasteiger partial charge is 0.0935 e. The van der Waals surface area contributed by atoms with Gasteiger partial charge in [-0.05, 0) is 42.9 Å². The van der Waals surface area contributed by atoms with Crippen molar-refractivity contribution >= 4 is 0 Å². The molecule has 1 heterocycles. The first-order valence-electron chi connectivity index (χ1n) is 6.34. The minimum Gasteiger partial charge on any atom is -0.472 e. The van der Waals surface area contributed by atoms with Gasteiger partial charge in [-0.25, -0.2) is 0 Å². The molecule has 0 aliphatic carbocycles. The Morgan fingerprint density at radius 3 is 2.62 bits per heavy atom. The predicted octanol–water partition coefficient (Wildman–Crippen LogP) is 3.63. The van der Waals surface area contributed by atoms with E-state index in [1.807, 2.05) is 6.26 Å². The molecule has 2 nitrogen and oxygen atoms in total. The molecule has 0 aromatic carbocycles. The highest BCUT2D eigenvalue weighted by atomic mass is 16.3. The average Bonchev–Trinajstić information content (AvgIpc) is 2.76. The topological polar surface area (TPSA) is 25.2 Å². The van der Waals surface area contributed by atoms with Crippen LogP contribution in [0.2, 0.25) is 0 Å². The van der Waals surface area contributed by atoms with Crippen LogP contribution in [0, 0.1) is 5.41 Å². The van der Waals surface area contributed by atoms with Crippen molar-refractivity contribution in [3.8, 4) is 0 Å². The molecule has 0 amide bonds. The number of furan rings is 1. The van der Waals surface area contributed by atoms with Gasteiger partial charge in [0.1, 0.15) is 0 Å². The summed E-state index contributed by atoms with van der Waals surface area (Å²) in [6.07, 6.45) is 7.03. The molecule has 1 N–H and O–H groups in total. The number of nitrogens with one attached hydrogen (secondary N) is 1. The fourth-order valence-electron chi connectivity index (χ4n) is 1.83. The first-order valence-corrected chi connectivity index (χ1v) is 6.34. The Morgan fingerprint density at radius 1 is 1.38 bits per heavy atom. The van der Waals surface area contributed by atoms with Gasteiger partial charge in [0.15, 0.2) is 0 Å². The first-order chi connectivity index (χ1) is 7.60. The zero-order valence-electron chi connectivity index (χ0n) is 11.0. The van der Waals surface area contributed by atoms with E-state index in [4.69, 9.17) is 4.42 Å². The van der Waals surface area contributed by atoms with Crippen LogP contribution < -0.4 is 5.32 Å². The highest BCUT2D eigenvalue weighted by Crippen LogP contribution is 2.27. The highest BCUT2D eigenvalue weighted by Gasteiger charge is 2.27. The Labute approximate surface area is 99.4 Å². The van der Waals surface area contributed by atoms with Crippen molar-refractivity contribution < 1.29 is 4.42 Å². The van der Waals surface area contributed by atoms with Crippen LogP contribution in [0.5, 0.6) is 0 Å². The van der Waals surface area contributed by atoms with Crippen LogP contribution in [0.1, 0.15) is 46.1 Å². The molecule has 0 radical (unpaired) electrons. The molecule has 1 aromatic rings. The maximum atomic E-state index is 5.14. The molecule has 92 valence electrons. The predicted molar refractivity (Wildman–Crippen MR) is 68.6 cm³/mol. The van der Waals surface area contributed by atoms with Gasteiger partial charge in [-0.3, -0.25) is 0 Å². The molecule has 1 aromatic heterocycles. The van der Waals surface area contributed by atoms with E-state index in [0.717, 1.165) is 13.0 Å². The van der Waals surface area contributed by atoms with E-state index in [1.165, 1.54) is 18.4 Å². The monoisotopic (exact) mass is 223 g/mol. The molecule has 0 bridgehead atoms. The van der Waals surface area contributed by atoms with E-state index in [1.54, 1.807) is 6.26 Å². The van der Waals surface area contributed by atoms with Crippen molar-refractivity contribution in [1.82, 2.24) is 5.32 Å². The van der Waals surface area contributed by atoms with Crippen molar-refractivity contribution in [2.75, 3.05) is 6.54 Å². The molecular weight excluding hydrogens is 198 g/mol. The molecule has 0 spiro atoms. The largest absolute Gasteiger partial charge is 0.472 e. The Bertz CT molecular complexity index is 277. The number of hydrogen-bond acceptors (Lipinski definition) is 2. The third kappa shape index (κ3) is 3.67. The molecule has 16 heavy (non-hydrogen) atoms. The summed E-state index contributed by atoms with van der Waals surface area (Å²) in [5.74, 6) is 0. The summed E-state index contributed by atoms with van der Waals surface area (Å²) < 4.78 is 5.14. The van der Waals surface area contributed by atoms with Gasteiger partial charge in [-0.2, -0.15) is 0 Å². The van der Waals surface area contributed by atoms with Gasteiger partial charge >= 0.3 is 0 Å². The van der Waals surface area contributed by atoms with Gasteiger partial charge in [0.05, 0.1) is 12.5 Å². The summed E-state index contributed by atoms with van der Waals surface area (Å²) in [6.45, 7) is 10.2. The second-order valence-corrected chi connectivity index (χ2v) is 5.18. The fourth-order valence-corrected chi connectivity index (χ4v) is 1.83. The lowest BCUT2D eigenvalue weighted by Crippen LogP contribution is -2.43. The molecule has 1 atom stereocenters. The summed E-state index contributed by atoms with van der Waals surface area (Å²) in [6, 6.07) is 2.59. The molecule has 0 aliphatic rings. The molecular formula is C14H25NO. The van der Waals surface area contributed by atoms with E-state index >= 15 is 0 Å². The molecule has 1 rings (SSSR count). The van der Waals surface area contributed by atoms with Gasteiger partial charge in [-0.1, -0.05) is 27.7 Å². The number of rotatable bonds is 7. The van der Waals surface area contributed by atoms with Crippen LogP contribution in [0.4, 0.5) is 0 Å². The molecule has 0 saturated carbocycles. The number of hydrogen-bond donors (Lipinski definition) is 1. The van der Waals surface area contributed by atoms with Crippen molar-refractivity contribution in [1.29, 1.82) is 0 Å². The van der Waals surface area contributed by atoms with Crippen molar-refractivity contribution in [2.24, 2.45) is 5.41 Å². The zero-order chi connectivity index (χ0) is 12.0. The second kappa shape index (κ2) is 6.09. The second-order valence-electron chi connectivity index (χ2n) is 5.18. The Hall–Kier alpha value is -0.760. The van der Waals surface area contributed by atoms with Crippen LogP contribution in [0.3, 0.4) is 0 Å². The Kier molecular flexibility index (Phi) is 5.07. The minimum absolute atomic E-state index is 0.326. The minimum atomic E-state index is 0.326. The van der Waals surface area contributed by atoms with Gasteiger partial charge < -0.3 is 9.73 Å². The summed E-state index contributed by atoms with van der Waals surface area (Å²) in [7, 11) is 0. The molecule has 1 unspecified atom stereocenters. The zero-order valence-corrected chi connectivity index (χ0v) is 11.0. The fraction of sp³-hybridized carbons (Fsp3) is 0.714. The highest BCUT2D eigenvalue weighted by molar-refractivity contribution is 5.09. The van der Waals surface area contributed by atoms with E-state index in [9.17, 15) is 0 Å². The molecule has 0 fully saturated rings. The van der Waals surface area contributed by atoms with Crippen LogP contribution in [0.15, 0.2) is 23.0 Å². The first kappa shape index (κ1) is 13.3. The summed E-state index contributed by atoms with van der Waals surface area (Å²) in [5.41, 5.74) is 1.61. The van der Waals surface area contributed by atoms with Gasteiger partial charge in [0, 0.05) is 6.04 Å². The third-order valence-electron chi connectivity index (χ3n) is 3.52.